The van der Waals surface area contributed by atoms with E-state index in [-0.39, 0.29) is 5.75 Å². The Bertz CT molecular complexity index is 676. The monoisotopic (exact) mass is 221 g/mol. The Morgan fingerprint density at radius 1 is 0.882 bits per heavy atom. The number of benzene rings is 2. The van der Waals surface area contributed by atoms with Gasteiger partial charge >= 0.3 is 0 Å². The summed E-state index contributed by atoms with van der Waals surface area (Å²) < 4.78 is 0. The van der Waals surface area contributed by atoms with Crippen molar-refractivity contribution in [2.45, 2.75) is 0 Å². The molecule has 1 N–H and O–H groups in total. The number of rotatable bonds is 1. The average molecular weight is 221 g/mol. The van der Waals surface area contributed by atoms with Gasteiger partial charge in [0.15, 0.2) is 0 Å². The van der Waals surface area contributed by atoms with Gasteiger partial charge in [-0.1, -0.05) is 36.4 Å². The van der Waals surface area contributed by atoms with E-state index in [1.165, 1.54) is 17.0 Å². The van der Waals surface area contributed by atoms with Crippen LogP contribution in [0.15, 0.2) is 60.9 Å². The first kappa shape index (κ1) is 9.85. The first-order chi connectivity index (χ1) is 8.34. The molecule has 0 spiro atoms. The van der Waals surface area contributed by atoms with Crippen LogP contribution in [0.5, 0.6) is 5.75 Å². The van der Waals surface area contributed by atoms with Crippen LogP contribution >= 0.6 is 0 Å². The summed E-state index contributed by atoms with van der Waals surface area (Å²) in [7, 11) is 0. The van der Waals surface area contributed by atoms with E-state index >= 15 is 0 Å². The van der Waals surface area contributed by atoms with Crippen LogP contribution in [0.25, 0.3) is 21.9 Å². The van der Waals surface area contributed by atoms with E-state index in [0.717, 1.165) is 11.1 Å². The predicted octanol–water partition coefficient (Wildman–Crippen LogP) is 3.61. The summed E-state index contributed by atoms with van der Waals surface area (Å²) in [6, 6.07) is 16.1. The van der Waals surface area contributed by atoms with Crippen LogP contribution in [-0.2, 0) is 0 Å². The van der Waals surface area contributed by atoms with Gasteiger partial charge in [0.1, 0.15) is 5.75 Å². The van der Waals surface area contributed by atoms with Gasteiger partial charge < -0.3 is 5.11 Å². The fourth-order valence-corrected chi connectivity index (χ4v) is 1.99. The lowest BCUT2D eigenvalue weighted by Gasteiger charge is -2.05. The lowest BCUT2D eigenvalue weighted by atomic mass is 10.0. The van der Waals surface area contributed by atoms with Gasteiger partial charge in [0.2, 0.25) is 0 Å². The number of nitrogens with zero attached hydrogens (tertiary/aromatic N) is 1. The largest absolute Gasteiger partial charge is 0.506 e. The minimum atomic E-state index is 0.211. The van der Waals surface area contributed by atoms with Gasteiger partial charge in [0.05, 0.1) is 6.20 Å². The predicted molar refractivity (Wildman–Crippen MR) is 68.8 cm³/mol. The highest BCUT2D eigenvalue weighted by atomic mass is 16.3. The van der Waals surface area contributed by atoms with E-state index in [1.54, 1.807) is 6.20 Å². The van der Waals surface area contributed by atoms with E-state index in [0.29, 0.717) is 0 Å². The normalized spacial score (nSPS) is 10.6. The first-order valence-corrected chi connectivity index (χ1v) is 5.47. The second-order valence-electron chi connectivity index (χ2n) is 3.95. The quantitative estimate of drug-likeness (QED) is 0.681. The molecule has 0 bridgehead atoms. The molecule has 0 saturated heterocycles. The van der Waals surface area contributed by atoms with Gasteiger partial charge in [-0.25, -0.2) is 0 Å². The van der Waals surface area contributed by atoms with E-state index < -0.39 is 0 Å². The van der Waals surface area contributed by atoms with E-state index in [9.17, 15) is 5.11 Å². The van der Waals surface area contributed by atoms with Crippen LogP contribution in [0.1, 0.15) is 0 Å². The van der Waals surface area contributed by atoms with Crippen molar-refractivity contribution >= 4 is 10.8 Å². The third kappa shape index (κ3) is 1.74. The Balaban J connectivity index is 2.22. The maximum atomic E-state index is 9.77. The minimum Gasteiger partial charge on any atom is -0.506 e. The van der Waals surface area contributed by atoms with Crippen LogP contribution in [-0.4, -0.2) is 10.1 Å². The van der Waals surface area contributed by atoms with Crippen molar-refractivity contribution in [1.82, 2.24) is 4.98 Å². The van der Waals surface area contributed by atoms with Crippen molar-refractivity contribution in [3.05, 3.63) is 60.9 Å². The summed E-state index contributed by atoms with van der Waals surface area (Å²) in [5.74, 6) is 0.211. The average Bonchev–Trinajstić information content (AvgIpc) is 2.39. The van der Waals surface area contributed by atoms with Crippen LogP contribution in [0.3, 0.4) is 0 Å². The third-order valence-electron chi connectivity index (χ3n) is 2.86. The topological polar surface area (TPSA) is 33.1 Å². The van der Waals surface area contributed by atoms with Crippen molar-refractivity contribution < 1.29 is 5.11 Å². The second kappa shape index (κ2) is 3.91. The zero-order chi connectivity index (χ0) is 11.7. The maximum absolute atomic E-state index is 9.77. The van der Waals surface area contributed by atoms with Gasteiger partial charge in [0.25, 0.3) is 0 Å². The smallest absolute Gasteiger partial charge is 0.141 e. The van der Waals surface area contributed by atoms with E-state index in [4.69, 9.17) is 0 Å². The summed E-state index contributed by atoms with van der Waals surface area (Å²) in [4.78, 5) is 3.88. The highest BCUT2D eigenvalue weighted by molar-refractivity contribution is 5.88. The van der Waals surface area contributed by atoms with Crippen molar-refractivity contribution in [3.8, 4) is 16.9 Å². The zero-order valence-corrected chi connectivity index (χ0v) is 9.17. The summed E-state index contributed by atoms with van der Waals surface area (Å²) >= 11 is 0. The van der Waals surface area contributed by atoms with Gasteiger partial charge in [0, 0.05) is 11.8 Å². The molecule has 0 fully saturated rings. The fraction of sp³-hybridized carbons (Fsp3) is 0. The molecule has 2 heteroatoms. The molecule has 0 aliphatic heterocycles. The molecule has 3 rings (SSSR count). The Hall–Kier alpha value is -2.35. The third-order valence-corrected chi connectivity index (χ3v) is 2.86. The molecule has 0 saturated carbocycles. The number of aromatic nitrogens is 1. The molecule has 82 valence electrons. The van der Waals surface area contributed by atoms with Crippen LogP contribution in [0.2, 0.25) is 0 Å². The molecule has 2 nitrogen and oxygen atoms in total. The number of hydrogen-bond donors (Lipinski definition) is 1. The van der Waals surface area contributed by atoms with Crippen LogP contribution < -0.4 is 0 Å². The van der Waals surface area contributed by atoms with E-state index in [1.807, 2.05) is 24.3 Å². The maximum Gasteiger partial charge on any atom is 0.141 e. The summed E-state index contributed by atoms with van der Waals surface area (Å²) in [5, 5.41) is 12.1. The number of pyridine rings is 1. The summed E-state index contributed by atoms with van der Waals surface area (Å²) in [5.41, 5.74) is 1.81. The summed E-state index contributed by atoms with van der Waals surface area (Å²) in [6.07, 6.45) is 3.15. The molecule has 0 atom stereocenters. The van der Waals surface area contributed by atoms with Crippen molar-refractivity contribution in [3.63, 3.8) is 0 Å². The Morgan fingerprint density at radius 2 is 1.71 bits per heavy atom. The number of aromatic hydroxyl groups is 1. The van der Waals surface area contributed by atoms with Gasteiger partial charge in [-0.2, -0.15) is 0 Å². The van der Waals surface area contributed by atoms with Crippen molar-refractivity contribution in [1.29, 1.82) is 0 Å². The van der Waals surface area contributed by atoms with Gasteiger partial charge in [-0.05, 0) is 28.5 Å². The molecule has 17 heavy (non-hydrogen) atoms. The van der Waals surface area contributed by atoms with Gasteiger partial charge in [-0.15, -0.1) is 0 Å². The fourth-order valence-electron chi connectivity index (χ4n) is 1.99. The molecule has 2 aromatic carbocycles. The van der Waals surface area contributed by atoms with Crippen molar-refractivity contribution in [2.24, 2.45) is 0 Å². The highest BCUT2D eigenvalue weighted by Gasteiger charge is 2.04. The standard InChI is InChI=1S/C15H11NO/c17-15-10-16-8-7-14(15)13-6-5-11-3-1-2-4-12(11)9-13/h1-10,17H. The SMILES string of the molecule is Oc1cnccc1-c1ccc2ccccc2c1. The van der Waals surface area contributed by atoms with Crippen LogP contribution in [0, 0.1) is 0 Å². The minimum absolute atomic E-state index is 0.211. The molecule has 1 aromatic heterocycles. The number of hydrogen-bond acceptors (Lipinski definition) is 2. The molecule has 0 unspecified atom stereocenters. The molecule has 0 aliphatic carbocycles. The lowest BCUT2D eigenvalue weighted by Crippen LogP contribution is -1.81. The van der Waals surface area contributed by atoms with Crippen LogP contribution in [0.4, 0.5) is 0 Å². The first-order valence-electron chi connectivity index (χ1n) is 5.47. The molecule has 1 heterocycles. The molecular formula is C15H11NO. The highest BCUT2D eigenvalue weighted by Crippen LogP contribution is 2.30. The zero-order valence-electron chi connectivity index (χ0n) is 9.17. The number of fused-ring (bicyclic) bond motifs is 1. The Kier molecular flexibility index (Phi) is 2.26. The Labute approximate surface area is 99.2 Å². The molecule has 3 aromatic rings. The Morgan fingerprint density at radius 3 is 2.53 bits per heavy atom. The van der Waals surface area contributed by atoms with E-state index in [2.05, 4.69) is 29.2 Å². The summed E-state index contributed by atoms with van der Waals surface area (Å²) in [6.45, 7) is 0. The molecule has 0 radical (unpaired) electrons. The molecular weight excluding hydrogens is 210 g/mol. The lowest BCUT2D eigenvalue weighted by molar-refractivity contribution is 0.475. The van der Waals surface area contributed by atoms with Gasteiger partial charge in [-0.3, -0.25) is 4.98 Å². The molecule has 0 amide bonds. The molecule has 0 aliphatic rings. The van der Waals surface area contributed by atoms with Crippen molar-refractivity contribution in [2.75, 3.05) is 0 Å². The second-order valence-corrected chi connectivity index (χ2v) is 3.95.